The zero-order valence-corrected chi connectivity index (χ0v) is 13.7. The summed E-state index contributed by atoms with van der Waals surface area (Å²) in [6, 6.07) is 5.52. The molecule has 1 fully saturated rings. The lowest BCUT2D eigenvalue weighted by molar-refractivity contribution is -0.142. The molecule has 122 valence electrons. The molecule has 0 amide bonds. The number of halogens is 1. The predicted octanol–water partition coefficient (Wildman–Crippen LogP) is 2.13. The van der Waals surface area contributed by atoms with E-state index in [0.717, 1.165) is 12.0 Å². The molecule has 0 saturated carbocycles. The number of carbonyl (C=O) groups is 1. The van der Waals surface area contributed by atoms with Crippen molar-refractivity contribution in [2.75, 3.05) is 20.8 Å². The van der Waals surface area contributed by atoms with E-state index in [1.54, 1.807) is 7.11 Å². The highest BCUT2D eigenvalue weighted by molar-refractivity contribution is 5.85. The van der Waals surface area contributed by atoms with Gasteiger partial charge >= 0.3 is 5.97 Å². The van der Waals surface area contributed by atoms with Crippen LogP contribution in [0.2, 0.25) is 0 Å². The fraction of sp³-hybridized carbons (Fsp3) is 0.438. The second kappa shape index (κ2) is 8.66. The lowest BCUT2D eigenvalue weighted by Crippen LogP contribution is -2.31. The molecule has 5 nitrogen and oxygen atoms in total. The largest absolute Gasteiger partial charge is 0.493 e. The van der Waals surface area contributed by atoms with E-state index >= 15 is 0 Å². The van der Waals surface area contributed by atoms with Crippen LogP contribution in [-0.2, 0) is 16.0 Å². The van der Waals surface area contributed by atoms with Crippen LogP contribution >= 0.6 is 12.4 Å². The number of benzene rings is 1. The lowest BCUT2D eigenvalue weighted by atomic mass is 10.1. The second-order valence-corrected chi connectivity index (χ2v) is 4.94. The van der Waals surface area contributed by atoms with Gasteiger partial charge in [0.25, 0.3) is 0 Å². The monoisotopic (exact) mass is 327 g/mol. The maximum absolute atomic E-state index is 11.5. The third kappa shape index (κ3) is 4.39. The van der Waals surface area contributed by atoms with E-state index in [4.69, 9.17) is 14.2 Å². The number of esters is 1. The molecule has 1 aromatic carbocycles. The van der Waals surface area contributed by atoms with Gasteiger partial charge < -0.3 is 19.5 Å². The van der Waals surface area contributed by atoms with Crippen LogP contribution in [0.4, 0.5) is 0 Å². The van der Waals surface area contributed by atoms with E-state index in [2.05, 4.69) is 11.9 Å². The van der Waals surface area contributed by atoms with Crippen LogP contribution in [0.25, 0.3) is 0 Å². The van der Waals surface area contributed by atoms with Crippen molar-refractivity contribution in [1.29, 1.82) is 0 Å². The normalized spacial score (nSPS) is 19.9. The van der Waals surface area contributed by atoms with Crippen molar-refractivity contribution < 1.29 is 19.0 Å². The maximum Gasteiger partial charge on any atom is 0.323 e. The number of rotatable bonds is 6. The highest BCUT2D eigenvalue weighted by Crippen LogP contribution is 2.30. The van der Waals surface area contributed by atoms with Gasteiger partial charge in [-0.3, -0.25) is 4.79 Å². The molecule has 0 bridgehead atoms. The first-order valence-electron chi connectivity index (χ1n) is 6.93. The van der Waals surface area contributed by atoms with Crippen LogP contribution < -0.4 is 14.8 Å². The summed E-state index contributed by atoms with van der Waals surface area (Å²) >= 11 is 0. The third-order valence-corrected chi connectivity index (χ3v) is 3.48. The number of hydrogen-bond donors (Lipinski definition) is 1. The molecule has 22 heavy (non-hydrogen) atoms. The number of ether oxygens (including phenoxy) is 3. The third-order valence-electron chi connectivity index (χ3n) is 3.48. The van der Waals surface area contributed by atoms with Crippen molar-refractivity contribution in [2.45, 2.75) is 25.0 Å². The highest BCUT2D eigenvalue weighted by Gasteiger charge is 2.31. The van der Waals surface area contributed by atoms with Crippen molar-refractivity contribution in [3.05, 3.63) is 36.4 Å². The summed E-state index contributed by atoms with van der Waals surface area (Å²) in [5.41, 5.74) is 1.12. The van der Waals surface area contributed by atoms with Crippen molar-refractivity contribution in [3.8, 4) is 11.5 Å². The molecule has 2 atom stereocenters. The van der Waals surface area contributed by atoms with Gasteiger partial charge in [0.2, 0.25) is 0 Å². The zero-order chi connectivity index (χ0) is 15.2. The van der Waals surface area contributed by atoms with Gasteiger partial charge in [-0.25, -0.2) is 0 Å². The predicted molar refractivity (Wildman–Crippen MR) is 87.0 cm³/mol. The van der Waals surface area contributed by atoms with Crippen LogP contribution in [0.1, 0.15) is 12.0 Å². The molecule has 6 heteroatoms. The molecular formula is C16H22ClNO4. The van der Waals surface area contributed by atoms with Gasteiger partial charge in [0.1, 0.15) is 12.1 Å². The summed E-state index contributed by atoms with van der Waals surface area (Å²) in [6.45, 7) is 4.33. The molecule has 1 heterocycles. The number of carbonyl (C=O) groups excluding carboxylic acids is 1. The van der Waals surface area contributed by atoms with E-state index < -0.39 is 0 Å². The topological polar surface area (TPSA) is 56.8 Å². The van der Waals surface area contributed by atoms with Crippen LogP contribution in [0, 0.1) is 0 Å². The Morgan fingerprint density at radius 2 is 2.18 bits per heavy atom. The Kier molecular flexibility index (Phi) is 7.21. The molecule has 1 aliphatic rings. The average Bonchev–Trinajstić information content (AvgIpc) is 2.96. The number of methoxy groups -OCH3 is 2. The SMILES string of the molecule is C=CCc1ccc(O[C@@H]2CN[C@H](C(=O)OC)C2)c(OC)c1.Cl. The first kappa shape index (κ1) is 18.3. The second-order valence-electron chi connectivity index (χ2n) is 4.94. The van der Waals surface area contributed by atoms with E-state index in [-0.39, 0.29) is 30.5 Å². The minimum atomic E-state index is -0.300. The Morgan fingerprint density at radius 1 is 1.41 bits per heavy atom. The molecule has 1 N–H and O–H groups in total. The minimum Gasteiger partial charge on any atom is -0.493 e. The highest BCUT2D eigenvalue weighted by atomic mass is 35.5. The number of hydrogen-bond acceptors (Lipinski definition) is 5. The molecular weight excluding hydrogens is 306 g/mol. The summed E-state index contributed by atoms with van der Waals surface area (Å²) in [7, 11) is 3.00. The van der Waals surface area contributed by atoms with Crippen molar-refractivity contribution >= 4 is 18.4 Å². The molecule has 1 aromatic rings. The Labute approximate surface area is 137 Å². The van der Waals surface area contributed by atoms with Gasteiger partial charge in [-0.05, 0) is 24.1 Å². The summed E-state index contributed by atoms with van der Waals surface area (Å²) < 4.78 is 16.0. The van der Waals surface area contributed by atoms with Gasteiger partial charge in [-0.1, -0.05) is 12.1 Å². The van der Waals surface area contributed by atoms with Crippen molar-refractivity contribution in [1.82, 2.24) is 5.32 Å². The van der Waals surface area contributed by atoms with Gasteiger partial charge in [-0.15, -0.1) is 19.0 Å². The molecule has 2 rings (SSSR count). The molecule has 0 spiro atoms. The summed E-state index contributed by atoms with van der Waals surface area (Å²) in [5.74, 6) is 1.12. The first-order valence-corrected chi connectivity index (χ1v) is 6.93. The van der Waals surface area contributed by atoms with E-state index in [0.29, 0.717) is 24.5 Å². The summed E-state index contributed by atoms with van der Waals surface area (Å²) in [4.78, 5) is 11.5. The zero-order valence-electron chi connectivity index (χ0n) is 12.8. The Morgan fingerprint density at radius 3 is 2.82 bits per heavy atom. The van der Waals surface area contributed by atoms with Crippen LogP contribution in [-0.4, -0.2) is 38.9 Å². The smallest absolute Gasteiger partial charge is 0.323 e. The van der Waals surface area contributed by atoms with Crippen LogP contribution in [0.3, 0.4) is 0 Å². The van der Waals surface area contributed by atoms with E-state index in [1.165, 1.54) is 7.11 Å². The summed E-state index contributed by atoms with van der Waals surface area (Å²) in [6.07, 6.45) is 3.14. The van der Waals surface area contributed by atoms with Gasteiger partial charge in [0, 0.05) is 13.0 Å². The molecule has 1 saturated heterocycles. The van der Waals surface area contributed by atoms with E-state index in [1.807, 2.05) is 24.3 Å². The average molecular weight is 328 g/mol. The first-order chi connectivity index (χ1) is 10.2. The fourth-order valence-corrected chi connectivity index (χ4v) is 2.40. The summed E-state index contributed by atoms with van der Waals surface area (Å²) in [5, 5.41) is 3.09. The maximum atomic E-state index is 11.5. The van der Waals surface area contributed by atoms with Crippen molar-refractivity contribution in [2.24, 2.45) is 0 Å². The Balaban J connectivity index is 0.00000242. The van der Waals surface area contributed by atoms with Crippen molar-refractivity contribution in [3.63, 3.8) is 0 Å². The molecule has 0 aliphatic carbocycles. The molecule has 1 aliphatic heterocycles. The van der Waals surface area contributed by atoms with Gasteiger partial charge in [0.15, 0.2) is 11.5 Å². The minimum absolute atomic E-state index is 0. The standard InChI is InChI=1S/C16H21NO4.ClH/c1-4-5-11-6-7-14(15(8-11)19-2)21-12-9-13(17-10-12)16(18)20-3;/h4,6-8,12-13,17H,1,5,9-10H2,2-3H3;1H/t12-,13-;/m0./s1. The number of nitrogens with one attached hydrogen (secondary N) is 1. The Hall–Kier alpha value is -1.72. The fourth-order valence-electron chi connectivity index (χ4n) is 2.40. The van der Waals surface area contributed by atoms with Gasteiger partial charge in [-0.2, -0.15) is 0 Å². The molecule has 0 unspecified atom stereocenters. The Bertz CT molecular complexity index is 521. The van der Waals surface area contributed by atoms with Gasteiger partial charge in [0.05, 0.1) is 14.2 Å². The molecule has 0 aromatic heterocycles. The van der Waals surface area contributed by atoms with Crippen LogP contribution in [0.15, 0.2) is 30.9 Å². The lowest BCUT2D eigenvalue weighted by Gasteiger charge is -2.16. The quantitative estimate of drug-likeness (QED) is 0.641. The number of allylic oxidation sites excluding steroid dienone is 1. The van der Waals surface area contributed by atoms with Crippen LogP contribution in [0.5, 0.6) is 11.5 Å². The molecule has 0 radical (unpaired) electrons. The van der Waals surface area contributed by atoms with E-state index in [9.17, 15) is 4.79 Å².